The Bertz CT molecular complexity index is 943. The molecule has 7 nitrogen and oxygen atoms in total. The van der Waals surface area contributed by atoms with Crippen LogP contribution >= 0.6 is 11.6 Å². The third kappa shape index (κ3) is 3.83. The molecule has 0 aromatic heterocycles. The van der Waals surface area contributed by atoms with Gasteiger partial charge in [0.25, 0.3) is 17.6 Å². The van der Waals surface area contributed by atoms with E-state index >= 15 is 0 Å². The van der Waals surface area contributed by atoms with Crippen LogP contribution in [0, 0.1) is 0 Å². The molecule has 2 aromatic rings. The van der Waals surface area contributed by atoms with Crippen LogP contribution in [-0.4, -0.2) is 36.2 Å². The summed E-state index contributed by atoms with van der Waals surface area (Å²) < 4.78 is 5.09. The number of fused-ring (bicyclic) bond motifs is 1. The van der Waals surface area contributed by atoms with Gasteiger partial charge in [0.2, 0.25) is 0 Å². The van der Waals surface area contributed by atoms with E-state index in [0.29, 0.717) is 16.4 Å². The molecule has 0 saturated carbocycles. The van der Waals surface area contributed by atoms with Crippen LogP contribution < -0.4 is 10.2 Å². The number of ketones is 1. The highest BCUT2D eigenvalue weighted by atomic mass is 35.5. The van der Waals surface area contributed by atoms with Crippen LogP contribution in [0.5, 0.6) is 0 Å². The summed E-state index contributed by atoms with van der Waals surface area (Å²) in [4.78, 5) is 49.4. The van der Waals surface area contributed by atoms with Crippen LogP contribution in [-0.2, 0) is 19.1 Å². The fourth-order valence-electron chi connectivity index (χ4n) is 2.62. The first-order valence-corrected chi connectivity index (χ1v) is 8.46. The number of hydrogen-bond donors (Lipinski definition) is 1. The molecule has 27 heavy (non-hydrogen) atoms. The molecule has 0 bridgehead atoms. The van der Waals surface area contributed by atoms with Crippen molar-refractivity contribution in [3.63, 3.8) is 0 Å². The molecular formula is C19H15ClN2O5. The third-order valence-corrected chi connectivity index (χ3v) is 4.30. The normalized spacial score (nSPS) is 13.9. The average molecular weight is 387 g/mol. The Labute approximate surface area is 159 Å². The minimum atomic E-state index is -1.11. The van der Waals surface area contributed by atoms with E-state index in [9.17, 15) is 19.2 Å². The summed E-state index contributed by atoms with van der Waals surface area (Å²) in [7, 11) is 0. The molecule has 0 aliphatic carbocycles. The highest BCUT2D eigenvalue weighted by Gasteiger charge is 2.37. The maximum atomic E-state index is 12.2. The lowest BCUT2D eigenvalue weighted by atomic mass is 10.1. The number of halogens is 1. The molecule has 0 fully saturated rings. The molecule has 2 aromatic carbocycles. The van der Waals surface area contributed by atoms with Gasteiger partial charge in [-0.2, -0.15) is 0 Å². The SMILES string of the molecule is C[C@@H](OC(=O)CN1C(=O)C(=O)c2ccccc21)C(=O)Nc1ccccc1Cl. The highest BCUT2D eigenvalue weighted by Crippen LogP contribution is 2.28. The van der Waals surface area contributed by atoms with E-state index in [1.54, 1.807) is 42.5 Å². The van der Waals surface area contributed by atoms with Crippen LogP contribution in [0.25, 0.3) is 0 Å². The summed E-state index contributed by atoms with van der Waals surface area (Å²) in [6.07, 6.45) is -1.11. The Morgan fingerprint density at radius 2 is 1.78 bits per heavy atom. The number of nitrogens with zero attached hydrogens (tertiary/aromatic N) is 1. The van der Waals surface area contributed by atoms with E-state index < -0.39 is 36.2 Å². The number of ether oxygens (including phenoxy) is 1. The Hall–Kier alpha value is -3.19. The predicted octanol–water partition coefficient (Wildman–Crippen LogP) is 2.44. The summed E-state index contributed by atoms with van der Waals surface area (Å²) in [5.41, 5.74) is 0.971. The number of esters is 1. The molecule has 1 N–H and O–H groups in total. The van der Waals surface area contributed by atoms with Gasteiger partial charge in [0.15, 0.2) is 6.10 Å². The van der Waals surface area contributed by atoms with Crippen molar-refractivity contribution in [2.75, 3.05) is 16.8 Å². The fourth-order valence-corrected chi connectivity index (χ4v) is 2.80. The van der Waals surface area contributed by atoms with Crippen molar-refractivity contribution in [1.29, 1.82) is 0 Å². The molecule has 0 spiro atoms. The highest BCUT2D eigenvalue weighted by molar-refractivity contribution is 6.52. The third-order valence-electron chi connectivity index (χ3n) is 3.98. The van der Waals surface area contributed by atoms with Gasteiger partial charge in [-0.25, -0.2) is 0 Å². The molecule has 0 radical (unpaired) electrons. The zero-order chi connectivity index (χ0) is 19.6. The van der Waals surface area contributed by atoms with Gasteiger partial charge >= 0.3 is 5.97 Å². The summed E-state index contributed by atoms with van der Waals surface area (Å²) >= 11 is 5.97. The lowest BCUT2D eigenvalue weighted by Crippen LogP contribution is -2.38. The number of benzene rings is 2. The van der Waals surface area contributed by atoms with E-state index in [2.05, 4.69) is 5.32 Å². The summed E-state index contributed by atoms with van der Waals surface area (Å²) in [6.45, 7) is 0.931. The Morgan fingerprint density at radius 3 is 2.52 bits per heavy atom. The standard InChI is InChI=1S/C19H15ClN2O5/c1-11(18(25)21-14-8-4-3-7-13(14)20)27-16(23)10-22-15-9-5-2-6-12(15)17(24)19(22)26/h2-9,11H,10H2,1H3,(H,21,25)/t11-/m1/s1. The number of para-hydroxylation sites is 2. The molecule has 1 aliphatic rings. The predicted molar refractivity (Wildman–Crippen MR) is 98.8 cm³/mol. The maximum absolute atomic E-state index is 12.2. The van der Waals surface area contributed by atoms with Crippen molar-refractivity contribution in [3.8, 4) is 0 Å². The molecule has 2 amide bonds. The van der Waals surface area contributed by atoms with Gasteiger partial charge in [0, 0.05) is 0 Å². The van der Waals surface area contributed by atoms with E-state index in [0.717, 1.165) is 4.90 Å². The number of nitrogens with one attached hydrogen (secondary N) is 1. The number of carbonyl (C=O) groups excluding carboxylic acids is 4. The van der Waals surface area contributed by atoms with Crippen molar-refractivity contribution < 1.29 is 23.9 Å². The number of carbonyl (C=O) groups is 4. The van der Waals surface area contributed by atoms with E-state index in [1.807, 2.05) is 0 Å². The van der Waals surface area contributed by atoms with Gasteiger partial charge in [0.1, 0.15) is 6.54 Å². The zero-order valence-electron chi connectivity index (χ0n) is 14.3. The summed E-state index contributed by atoms with van der Waals surface area (Å²) in [6, 6.07) is 13.0. The Balaban J connectivity index is 1.62. The Kier molecular flexibility index (Phi) is 5.23. The molecule has 1 heterocycles. The maximum Gasteiger partial charge on any atom is 0.326 e. The second-order valence-corrected chi connectivity index (χ2v) is 6.25. The molecular weight excluding hydrogens is 372 g/mol. The first-order valence-electron chi connectivity index (χ1n) is 8.08. The number of hydrogen-bond acceptors (Lipinski definition) is 5. The van der Waals surface area contributed by atoms with Gasteiger partial charge in [-0.05, 0) is 31.2 Å². The first-order chi connectivity index (χ1) is 12.9. The van der Waals surface area contributed by atoms with Gasteiger partial charge in [0.05, 0.1) is 22.0 Å². The van der Waals surface area contributed by atoms with Crippen molar-refractivity contribution in [3.05, 3.63) is 59.1 Å². The van der Waals surface area contributed by atoms with Crippen LogP contribution in [0.2, 0.25) is 5.02 Å². The van der Waals surface area contributed by atoms with Crippen LogP contribution in [0.4, 0.5) is 11.4 Å². The minimum Gasteiger partial charge on any atom is -0.451 e. The van der Waals surface area contributed by atoms with Crippen molar-refractivity contribution in [1.82, 2.24) is 0 Å². The summed E-state index contributed by atoms with van der Waals surface area (Å²) in [5, 5.41) is 2.91. The van der Waals surface area contributed by atoms with E-state index in [4.69, 9.17) is 16.3 Å². The van der Waals surface area contributed by atoms with Gasteiger partial charge < -0.3 is 10.1 Å². The average Bonchev–Trinajstić information content (AvgIpc) is 2.89. The lowest BCUT2D eigenvalue weighted by Gasteiger charge is -2.18. The van der Waals surface area contributed by atoms with E-state index in [-0.39, 0.29) is 5.56 Å². The molecule has 0 unspecified atom stereocenters. The topological polar surface area (TPSA) is 92.8 Å². The monoisotopic (exact) mass is 386 g/mol. The van der Waals surface area contributed by atoms with Gasteiger partial charge in [-0.1, -0.05) is 35.9 Å². The minimum absolute atomic E-state index is 0.236. The Morgan fingerprint density at radius 1 is 1.11 bits per heavy atom. The molecule has 8 heteroatoms. The molecule has 138 valence electrons. The lowest BCUT2D eigenvalue weighted by molar-refractivity contribution is -0.152. The number of Topliss-reactive ketones (excluding diaryl/α,β-unsaturated/α-hetero) is 1. The quantitative estimate of drug-likeness (QED) is 0.629. The second-order valence-electron chi connectivity index (χ2n) is 5.84. The van der Waals surface area contributed by atoms with Crippen molar-refractivity contribution in [2.24, 2.45) is 0 Å². The van der Waals surface area contributed by atoms with Crippen LogP contribution in [0.15, 0.2) is 48.5 Å². The van der Waals surface area contributed by atoms with Crippen molar-refractivity contribution >= 4 is 46.5 Å². The van der Waals surface area contributed by atoms with E-state index in [1.165, 1.54) is 13.0 Å². The number of anilines is 2. The fraction of sp³-hybridized carbons (Fsp3) is 0.158. The van der Waals surface area contributed by atoms with Crippen LogP contribution in [0.3, 0.4) is 0 Å². The molecule has 1 aliphatic heterocycles. The summed E-state index contributed by atoms with van der Waals surface area (Å²) in [5.74, 6) is -2.86. The largest absolute Gasteiger partial charge is 0.451 e. The first kappa shape index (κ1) is 18.6. The van der Waals surface area contributed by atoms with Crippen molar-refractivity contribution in [2.45, 2.75) is 13.0 Å². The van der Waals surface area contributed by atoms with Crippen LogP contribution in [0.1, 0.15) is 17.3 Å². The molecule has 3 rings (SSSR count). The smallest absolute Gasteiger partial charge is 0.326 e. The number of amides is 2. The second kappa shape index (κ2) is 7.59. The zero-order valence-corrected chi connectivity index (χ0v) is 15.0. The molecule has 0 saturated heterocycles. The van der Waals surface area contributed by atoms with Gasteiger partial charge in [-0.3, -0.25) is 24.1 Å². The molecule has 1 atom stereocenters. The number of rotatable bonds is 5. The van der Waals surface area contributed by atoms with Gasteiger partial charge in [-0.15, -0.1) is 0 Å².